The van der Waals surface area contributed by atoms with E-state index in [1.807, 2.05) is 4.90 Å². The number of aromatic nitrogens is 2. The van der Waals surface area contributed by atoms with Crippen LogP contribution in [0, 0.1) is 11.7 Å². The van der Waals surface area contributed by atoms with E-state index in [0.29, 0.717) is 12.0 Å². The molecule has 2 heterocycles. The molecule has 1 saturated heterocycles. The summed E-state index contributed by atoms with van der Waals surface area (Å²) in [5.41, 5.74) is 0. The number of aliphatic hydroxyl groups excluding tert-OH is 1. The molecule has 0 aromatic carbocycles. The normalized spacial score (nSPS) is 22.9. The van der Waals surface area contributed by atoms with Crippen molar-refractivity contribution in [1.82, 2.24) is 14.9 Å². The fraction of sp³-hybridized carbons (Fsp3) is 0.733. The zero-order valence-corrected chi connectivity index (χ0v) is 12.9. The molecule has 0 amide bonds. The van der Waals surface area contributed by atoms with Crippen LogP contribution in [0.25, 0.3) is 0 Å². The average Bonchev–Trinajstić information content (AvgIpc) is 3.34. The van der Waals surface area contributed by atoms with E-state index < -0.39 is 5.82 Å². The topological polar surface area (TPSA) is 61.7 Å². The smallest absolute Gasteiger partial charge is 0.255 e. The first-order valence-electron chi connectivity index (χ1n) is 7.87. The molecular formula is C15H23FN4O2. The van der Waals surface area contributed by atoms with Gasteiger partial charge in [-0.05, 0) is 25.2 Å². The van der Waals surface area contributed by atoms with Crippen LogP contribution in [0.1, 0.15) is 19.3 Å². The largest absolute Gasteiger partial charge is 0.479 e. The highest BCUT2D eigenvalue weighted by molar-refractivity contribution is 5.34. The third kappa shape index (κ3) is 3.47. The lowest BCUT2D eigenvalue weighted by atomic mass is 10.1. The lowest BCUT2D eigenvalue weighted by Crippen LogP contribution is -2.54. The maximum Gasteiger partial charge on any atom is 0.255 e. The molecule has 0 bridgehead atoms. The van der Waals surface area contributed by atoms with Crippen LogP contribution in [-0.4, -0.2) is 65.9 Å². The summed E-state index contributed by atoms with van der Waals surface area (Å²) in [6.45, 7) is 3.77. The predicted octanol–water partition coefficient (Wildman–Crippen LogP) is 0.907. The number of piperazine rings is 1. The molecule has 1 saturated carbocycles. The molecule has 1 N–H and O–H groups in total. The summed E-state index contributed by atoms with van der Waals surface area (Å²) in [7, 11) is 1.40. The summed E-state index contributed by atoms with van der Waals surface area (Å²) in [5.74, 6) is 0.747. The zero-order chi connectivity index (χ0) is 15.5. The van der Waals surface area contributed by atoms with Gasteiger partial charge in [-0.2, -0.15) is 9.37 Å². The molecule has 122 valence electrons. The third-order valence-corrected chi connectivity index (χ3v) is 4.43. The number of aliphatic hydroxyl groups is 1. The highest BCUT2D eigenvalue weighted by atomic mass is 19.1. The van der Waals surface area contributed by atoms with Gasteiger partial charge in [0.1, 0.15) is 0 Å². The first-order chi connectivity index (χ1) is 10.7. The molecule has 6 nitrogen and oxygen atoms in total. The number of methoxy groups -OCH3 is 1. The van der Waals surface area contributed by atoms with Gasteiger partial charge < -0.3 is 14.7 Å². The molecule has 7 heteroatoms. The Morgan fingerprint density at radius 3 is 2.91 bits per heavy atom. The van der Waals surface area contributed by atoms with Crippen LogP contribution in [0.3, 0.4) is 0 Å². The van der Waals surface area contributed by atoms with E-state index in [1.165, 1.54) is 20.0 Å². The Balaban J connectivity index is 1.69. The first kappa shape index (κ1) is 15.4. The van der Waals surface area contributed by atoms with Crippen LogP contribution in [0.15, 0.2) is 6.20 Å². The van der Waals surface area contributed by atoms with Gasteiger partial charge in [-0.25, -0.2) is 4.98 Å². The average molecular weight is 310 g/mol. The minimum absolute atomic E-state index is 0.0240. The van der Waals surface area contributed by atoms with Gasteiger partial charge in [0.2, 0.25) is 11.8 Å². The van der Waals surface area contributed by atoms with Gasteiger partial charge in [0.25, 0.3) is 5.88 Å². The van der Waals surface area contributed by atoms with Crippen molar-refractivity contribution in [3.05, 3.63) is 12.0 Å². The second-order valence-electron chi connectivity index (χ2n) is 6.08. The van der Waals surface area contributed by atoms with Crippen LogP contribution in [0.5, 0.6) is 5.88 Å². The lowest BCUT2D eigenvalue weighted by Gasteiger charge is -2.41. The van der Waals surface area contributed by atoms with Crippen molar-refractivity contribution < 1.29 is 14.2 Å². The van der Waals surface area contributed by atoms with Crippen LogP contribution < -0.4 is 9.64 Å². The number of ether oxygens (including phenoxy) is 1. The van der Waals surface area contributed by atoms with Crippen LogP contribution >= 0.6 is 0 Å². The van der Waals surface area contributed by atoms with Gasteiger partial charge >= 0.3 is 0 Å². The quantitative estimate of drug-likeness (QED) is 0.843. The van der Waals surface area contributed by atoms with E-state index in [0.717, 1.165) is 44.7 Å². The van der Waals surface area contributed by atoms with Crippen LogP contribution in [0.4, 0.5) is 10.3 Å². The van der Waals surface area contributed by atoms with Gasteiger partial charge in [-0.1, -0.05) is 0 Å². The molecule has 1 aromatic heterocycles. The van der Waals surface area contributed by atoms with Crippen LogP contribution in [-0.2, 0) is 0 Å². The lowest BCUT2D eigenvalue weighted by molar-refractivity contribution is 0.136. The van der Waals surface area contributed by atoms with Crippen molar-refractivity contribution in [2.45, 2.75) is 25.3 Å². The molecule has 1 aliphatic heterocycles. The Morgan fingerprint density at radius 2 is 2.23 bits per heavy atom. The molecule has 0 radical (unpaired) electrons. The van der Waals surface area contributed by atoms with E-state index >= 15 is 0 Å². The molecule has 1 atom stereocenters. The van der Waals surface area contributed by atoms with Gasteiger partial charge in [0.05, 0.1) is 13.3 Å². The van der Waals surface area contributed by atoms with E-state index in [1.54, 1.807) is 0 Å². The maximum absolute atomic E-state index is 13.4. The summed E-state index contributed by atoms with van der Waals surface area (Å²) < 4.78 is 18.4. The highest BCUT2D eigenvalue weighted by Crippen LogP contribution is 2.31. The Labute approximate surface area is 129 Å². The van der Waals surface area contributed by atoms with Crippen molar-refractivity contribution >= 4 is 5.95 Å². The van der Waals surface area contributed by atoms with Crippen LogP contribution in [0.2, 0.25) is 0 Å². The Hall–Kier alpha value is -1.47. The molecule has 3 rings (SSSR count). The molecule has 1 aliphatic carbocycles. The summed E-state index contributed by atoms with van der Waals surface area (Å²) in [5, 5.41) is 9.32. The summed E-state index contributed by atoms with van der Waals surface area (Å²) in [6, 6.07) is 0.291. The van der Waals surface area contributed by atoms with Gasteiger partial charge in [-0.15, -0.1) is 0 Å². The second kappa shape index (κ2) is 6.75. The standard InChI is InChI=1S/C15H23FN4O2/c1-22-14-13(16)8-17-15(18-14)20-6-5-19(9-11-2-3-11)12(10-20)4-7-21/h8,11-12,21H,2-7,9-10H2,1H3/t12-/m1/s1. The number of nitrogens with zero attached hydrogens (tertiary/aromatic N) is 4. The fourth-order valence-corrected chi connectivity index (χ4v) is 3.01. The monoisotopic (exact) mass is 310 g/mol. The molecule has 2 fully saturated rings. The first-order valence-corrected chi connectivity index (χ1v) is 7.87. The van der Waals surface area contributed by atoms with E-state index in [4.69, 9.17) is 4.74 Å². The zero-order valence-electron chi connectivity index (χ0n) is 12.9. The Morgan fingerprint density at radius 1 is 1.41 bits per heavy atom. The number of hydrogen-bond acceptors (Lipinski definition) is 6. The van der Waals surface area contributed by atoms with Gasteiger partial charge in [0.15, 0.2) is 0 Å². The SMILES string of the molecule is COc1nc(N2CCN(CC3CC3)[C@H](CCO)C2)ncc1F. The molecule has 0 unspecified atom stereocenters. The molecule has 0 spiro atoms. The highest BCUT2D eigenvalue weighted by Gasteiger charge is 2.32. The Kier molecular flexibility index (Phi) is 4.73. The molecule has 1 aromatic rings. The van der Waals surface area contributed by atoms with Gasteiger partial charge in [0, 0.05) is 38.8 Å². The minimum Gasteiger partial charge on any atom is -0.479 e. The van der Waals surface area contributed by atoms with Crippen molar-refractivity contribution in [2.75, 3.05) is 44.8 Å². The van der Waals surface area contributed by atoms with E-state index in [9.17, 15) is 9.50 Å². The number of hydrogen-bond donors (Lipinski definition) is 1. The van der Waals surface area contributed by atoms with E-state index in [2.05, 4.69) is 14.9 Å². The number of halogens is 1. The molecule has 2 aliphatic rings. The maximum atomic E-state index is 13.4. The van der Waals surface area contributed by atoms with Crippen molar-refractivity contribution in [1.29, 1.82) is 0 Å². The fourth-order valence-electron chi connectivity index (χ4n) is 3.01. The molecular weight excluding hydrogens is 287 g/mol. The molecule has 22 heavy (non-hydrogen) atoms. The summed E-state index contributed by atoms with van der Waals surface area (Å²) >= 11 is 0. The predicted molar refractivity (Wildman–Crippen MR) is 80.5 cm³/mol. The van der Waals surface area contributed by atoms with E-state index in [-0.39, 0.29) is 12.5 Å². The Bertz CT molecular complexity index is 512. The second-order valence-corrected chi connectivity index (χ2v) is 6.08. The minimum atomic E-state index is -0.550. The number of rotatable bonds is 6. The third-order valence-electron chi connectivity index (χ3n) is 4.43. The van der Waals surface area contributed by atoms with Crippen molar-refractivity contribution in [3.63, 3.8) is 0 Å². The summed E-state index contributed by atoms with van der Waals surface area (Å²) in [6.07, 6.45) is 4.54. The summed E-state index contributed by atoms with van der Waals surface area (Å²) in [4.78, 5) is 12.7. The van der Waals surface area contributed by atoms with Crippen molar-refractivity contribution in [3.8, 4) is 5.88 Å². The van der Waals surface area contributed by atoms with Crippen molar-refractivity contribution in [2.24, 2.45) is 5.92 Å². The number of anilines is 1. The van der Waals surface area contributed by atoms with Gasteiger partial charge in [-0.3, -0.25) is 4.90 Å².